The number of nitrogens with zero attached hydrogens (tertiary/aromatic N) is 2. The zero-order valence-corrected chi connectivity index (χ0v) is 8.80. The van der Waals surface area contributed by atoms with E-state index in [9.17, 15) is 4.79 Å². The largest absolute Gasteiger partial charge is 0.496 e. The lowest BCUT2D eigenvalue weighted by Gasteiger charge is -2.02. The van der Waals surface area contributed by atoms with E-state index in [1.165, 1.54) is 6.21 Å². The minimum atomic E-state index is -0.436. The molecule has 16 heavy (non-hydrogen) atoms. The lowest BCUT2D eigenvalue weighted by Crippen LogP contribution is -2.16. The van der Waals surface area contributed by atoms with Gasteiger partial charge in [-0.15, -0.1) is 0 Å². The molecule has 1 N–H and O–H groups in total. The highest BCUT2D eigenvalue weighted by atomic mass is 16.5. The smallest absolute Gasteiger partial charge is 0.254 e. The molecule has 82 valence electrons. The summed E-state index contributed by atoms with van der Waals surface area (Å²) < 4.78 is 5.09. The third-order valence-electron chi connectivity index (χ3n) is 1.77. The molecule has 0 aliphatic carbocycles. The second-order valence-electron chi connectivity index (χ2n) is 2.87. The lowest BCUT2D eigenvalue weighted by molar-refractivity contribution is -0.120. The molecule has 0 unspecified atom stereocenters. The third kappa shape index (κ3) is 3.42. The Morgan fingerprint density at radius 2 is 2.38 bits per heavy atom. The number of carbonyl (C=O) groups excluding carboxylic acids is 1. The summed E-state index contributed by atoms with van der Waals surface area (Å²) in [6.45, 7) is 0. The molecule has 0 fully saturated rings. The highest BCUT2D eigenvalue weighted by Gasteiger charge is 1.98. The van der Waals surface area contributed by atoms with E-state index < -0.39 is 5.91 Å². The van der Waals surface area contributed by atoms with Gasteiger partial charge in [0.1, 0.15) is 12.2 Å². The molecule has 1 aromatic rings. The number of hydrogen-bond donors (Lipinski definition) is 1. The predicted octanol–water partition coefficient (Wildman–Crippen LogP) is 1.06. The van der Waals surface area contributed by atoms with Crippen molar-refractivity contribution in [3.8, 4) is 11.8 Å². The van der Waals surface area contributed by atoms with Crippen LogP contribution in [0.15, 0.2) is 29.4 Å². The van der Waals surface area contributed by atoms with Gasteiger partial charge in [-0.05, 0) is 12.1 Å². The maximum Gasteiger partial charge on any atom is 0.254 e. The van der Waals surface area contributed by atoms with E-state index in [-0.39, 0.29) is 6.42 Å². The molecular formula is C11H11N3O2. The highest BCUT2D eigenvalue weighted by Crippen LogP contribution is 2.14. The normalized spacial score (nSPS) is 9.75. The van der Waals surface area contributed by atoms with Gasteiger partial charge >= 0.3 is 0 Å². The Balaban J connectivity index is 2.63. The van der Waals surface area contributed by atoms with Crippen LogP contribution < -0.4 is 10.2 Å². The quantitative estimate of drug-likeness (QED) is 0.605. The molecular weight excluding hydrogens is 206 g/mol. The van der Waals surface area contributed by atoms with Gasteiger partial charge in [0.05, 0.1) is 19.4 Å². The van der Waals surface area contributed by atoms with Gasteiger partial charge in [-0.2, -0.15) is 10.4 Å². The highest BCUT2D eigenvalue weighted by molar-refractivity contribution is 5.85. The van der Waals surface area contributed by atoms with E-state index in [1.54, 1.807) is 25.3 Å². The fraction of sp³-hybridized carbons (Fsp3) is 0.182. The van der Waals surface area contributed by atoms with Gasteiger partial charge in [-0.3, -0.25) is 4.79 Å². The van der Waals surface area contributed by atoms with Crippen LogP contribution in [0.4, 0.5) is 0 Å². The fourth-order valence-electron chi connectivity index (χ4n) is 1.06. The van der Waals surface area contributed by atoms with Crippen molar-refractivity contribution in [1.29, 1.82) is 5.26 Å². The van der Waals surface area contributed by atoms with Gasteiger partial charge in [0, 0.05) is 5.56 Å². The molecule has 0 aliphatic heterocycles. The number of ether oxygens (including phenoxy) is 1. The number of methoxy groups -OCH3 is 1. The minimum absolute atomic E-state index is 0.205. The Bertz CT molecular complexity index is 435. The number of nitriles is 1. The minimum Gasteiger partial charge on any atom is -0.496 e. The van der Waals surface area contributed by atoms with Crippen molar-refractivity contribution >= 4 is 12.1 Å². The molecule has 0 radical (unpaired) electrons. The number of amides is 1. The molecule has 0 bridgehead atoms. The van der Waals surface area contributed by atoms with Crippen LogP contribution in [0.25, 0.3) is 0 Å². The monoisotopic (exact) mass is 217 g/mol. The summed E-state index contributed by atoms with van der Waals surface area (Å²) >= 11 is 0. The predicted molar refractivity (Wildman–Crippen MR) is 59.0 cm³/mol. The standard InChI is InChI=1S/C11H11N3O2/c1-16-10-5-3-2-4-9(10)8-13-14-11(15)6-7-12/h2-5,8H,6H2,1H3,(H,14,15). The van der Waals surface area contributed by atoms with Crippen molar-refractivity contribution in [2.75, 3.05) is 7.11 Å². The van der Waals surface area contributed by atoms with Crippen molar-refractivity contribution in [2.24, 2.45) is 5.10 Å². The van der Waals surface area contributed by atoms with E-state index in [4.69, 9.17) is 10.00 Å². The lowest BCUT2D eigenvalue weighted by atomic mass is 10.2. The van der Waals surface area contributed by atoms with Gasteiger partial charge in [0.2, 0.25) is 0 Å². The van der Waals surface area contributed by atoms with E-state index >= 15 is 0 Å². The summed E-state index contributed by atoms with van der Waals surface area (Å²) in [7, 11) is 1.56. The van der Waals surface area contributed by atoms with E-state index in [1.807, 2.05) is 12.1 Å². The van der Waals surface area contributed by atoms with Crippen molar-refractivity contribution in [2.45, 2.75) is 6.42 Å². The van der Waals surface area contributed by atoms with Crippen molar-refractivity contribution in [3.63, 3.8) is 0 Å². The average Bonchev–Trinajstić information content (AvgIpc) is 2.30. The summed E-state index contributed by atoms with van der Waals surface area (Å²) in [6.07, 6.45) is 1.26. The molecule has 5 nitrogen and oxygen atoms in total. The SMILES string of the molecule is COc1ccccc1C=NNC(=O)CC#N. The van der Waals surface area contributed by atoms with Crippen molar-refractivity contribution in [1.82, 2.24) is 5.43 Å². The molecule has 0 heterocycles. The first-order valence-electron chi connectivity index (χ1n) is 4.60. The first-order chi connectivity index (χ1) is 7.77. The number of benzene rings is 1. The number of nitrogens with one attached hydrogen (secondary N) is 1. The van der Waals surface area contributed by atoms with Gasteiger partial charge in [-0.25, -0.2) is 5.43 Å². The zero-order chi connectivity index (χ0) is 11.8. The first kappa shape index (κ1) is 11.7. The number of para-hydroxylation sites is 1. The van der Waals surface area contributed by atoms with Crippen LogP contribution in [0, 0.1) is 11.3 Å². The Labute approximate surface area is 93.3 Å². The van der Waals surface area contributed by atoms with Gasteiger partial charge in [0.15, 0.2) is 0 Å². The molecule has 0 saturated carbocycles. The summed E-state index contributed by atoms with van der Waals surface area (Å²) in [5.41, 5.74) is 2.99. The number of carbonyl (C=O) groups is 1. The maximum absolute atomic E-state index is 10.9. The van der Waals surface area contributed by atoms with Crippen LogP contribution in [0.5, 0.6) is 5.75 Å². The first-order valence-corrected chi connectivity index (χ1v) is 4.60. The molecule has 1 aromatic carbocycles. The summed E-state index contributed by atoms with van der Waals surface area (Å²) in [5.74, 6) is 0.231. The molecule has 1 rings (SSSR count). The molecule has 0 saturated heterocycles. The Kier molecular flexibility index (Phi) is 4.54. The van der Waals surface area contributed by atoms with Crippen LogP contribution in [0.2, 0.25) is 0 Å². The summed E-state index contributed by atoms with van der Waals surface area (Å²) in [4.78, 5) is 10.9. The van der Waals surface area contributed by atoms with Gasteiger partial charge in [-0.1, -0.05) is 12.1 Å². The van der Waals surface area contributed by atoms with Crippen molar-refractivity contribution in [3.05, 3.63) is 29.8 Å². The number of rotatable bonds is 4. The average molecular weight is 217 g/mol. The Morgan fingerprint density at radius 3 is 3.06 bits per heavy atom. The summed E-state index contributed by atoms with van der Waals surface area (Å²) in [6, 6.07) is 8.99. The third-order valence-corrected chi connectivity index (χ3v) is 1.77. The van der Waals surface area contributed by atoms with E-state index in [0.29, 0.717) is 5.75 Å². The Morgan fingerprint density at radius 1 is 1.62 bits per heavy atom. The zero-order valence-electron chi connectivity index (χ0n) is 8.80. The maximum atomic E-state index is 10.9. The van der Waals surface area contributed by atoms with Crippen LogP contribution in [-0.4, -0.2) is 19.2 Å². The van der Waals surface area contributed by atoms with Crippen molar-refractivity contribution < 1.29 is 9.53 Å². The molecule has 0 aliphatic rings. The van der Waals surface area contributed by atoms with Crippen LogP contribution >= 0.6 is 0 Å². The molecule has 0 spiro atoms. The molecule has 0 atom stereocenters. The topological polar surface area (TPSA) is 74.5 Å². The van der Waals surface area contributed by atoms with Crippen LogP contribution in [0.1, 0.15) is 12.0 Å². The fourth-order valence-corrected chi connectivity index (χ4v) is 1.06. The van der Waals surface area contributed by atoms with E-state index in [0.717, 1.165) is 5.56 Å². The Hall–Kier alpha value is -2.35. The molecule has 5 heteroatoms. The second-order valence-corrected chi connectivity index (χ2v) is 2.87. The van der Waals surface area contributed by atoms with Gasteiger partial charge < -0.3 is 4.74 Å². The van der Waals surface area contributed by atoms with Crippen LogP contribution in [-0.2, 0) is 4.79 Å². The second kappa shape index (κ2) is 6.19. The number of hydrogen-bond acceptors (Lipinski definition) is 4. The number of hydrazone groups is 1. The van der Waals surface area contributed by atoms with E-state index in [2.05, 4.69) is 10.5 Å². The van der Waals surface area contributed by atoms with Gasteiger partial charge in [0.25, 0.3) is 5.91 Å². The molecule has 0 aromatic heterocycles. The summed E-state index contributed by atoms with van der Waals surface area (Å²) in [5, 5.41) is 12.0. The molecule has 1 amide bonds. The van der Waals surface area contributed by atoms with Crippen LogP contribution in [0.3, 0.4) is 0 Å².